The van der Waals surface area contributed by atoms with E-state index in [2.05, 4.69) is 0 Å². The van der Waals surface area contributed by atoms with Gasteiger partial charge in [0.1, 0.15) is 5.82 Å². The van der Waals surface area contributed by atoms with Crippen LogP contribution >= 0.6 is 0 Å². The lowest BCUT2D eigenvalue weighted by molar-refractivity contribution is 0.0586. The molecule has 0 saturated heterocycles. The topological polar surface area (TPSA) is 66.6 Å². The molecule has 0 bridgehead atoms. The van der Waals surface area contributed by atoms with Crippen LogP contribution in [0.1, 0.15) is 42.5 Å². The molecule has 1 saturated carbocycles. The molecule has 0 spiro atoms. The maximum absolute atomic E-state index is 13.1. The number of halogens is 1. The second-order valence-electron chi connectivity index (χ2n) is 5.25. The van der Waals surface area contributed by atoms with Crippen molar-refractivity contribution in [1.29, 1.82) is 0 Å². The molecule has 0 aliphatic heterocycles. The van der Waals surface area contributed by atoms with Gasteiger partial charge >= 0.3 is 0 Å². The SMILES string of the molecule is Nc1cc(F)ccc1C(=O)N(CCO)C1CCCCC1. The summed E-state index contributed by atoms with van der Waals surface area (Å²) < 4.78 is 13.1. The van der Waals surface area contributed by atoms with E-state index in [1.165, 1.54) is 18.6 Å². The summed E-state index contributed by atoms with van der Waals surface area (Å²) >= 11 is 0. The molecule has 1 fully saturated rings. The van der Waals surface area contributed by atoms with Gasteiger partial charge in [0.05, 0.1) is 12.2 Å². The van der Waals surface area contributed by atoms with Crippen LogP contribution in [0.3, 0.4) is 0 Å². The summed E-state index contributed by atoms with van der Waals surface area (Å²) in [6.07, 6.45) is 5.29. The number of nitrogen functional groups attached to an aromatic ring is 1. The minimum Gasteiger partial charge on any atom is -0.398 e. The van der Waals surface area contributed by atoms with Crippen LogP contribution in [0.15, 0.2) is 18.2 Å². The number of aliphatic hydroxyl groups is 1. The largest absolute Gasteiger partial charge is 0.398 e. The number of nitrogens with two attached hydrogens (primary N) is 1. The third-order valence-electron chi connectivity index (χ3n) is 3.86. The maximum atomic E-state index is 13.1. The Kier molecular flexibility index (Phi) is 4.95. The van der Waals surface area contributed by atoms with Crippen molar-refractivity contribution >= 4 is 11.6 Å². The van der Waals surface area contributed by atoms with Crippen LogP contribution in [-0.2, 0) is 0 Å². The van der Waals surface area contributed by atoms with Crippen molar-refractivity contribution in [2.24, 2.45) is 0 Å². The van der Waals surface area contributed by atoms with Crippen molar-refractivity contribution in [2.45, 2.75) is 38.1 Å². The number of carbonyl (C=O) groups is 1. The smallest absolute Gasteiger partial charge is 0.256 e. The van der Waals surface area contributed by atoms with Crippen LogP contribution < -0.4 is 5.73 Å². The number of rotatable bonds is 4. The summed E-state index contributed by atoms with van der Waals surface area (Å²) in [6, 6.07) is 3.96. The Balaban J connectivity index is 2.21. The van der Waals surface area contributed by atoms with Crippen molar-refractivity contribution < 1.29 is 14.3 Å². The van der Waals surface area contributed by atoms with Gasteiger partial charge < -0.3 is 15.7 Å². The van der Waals surface area contributed by atoms with Gasteiger partial charge in [0, 0.05) is 18.3 Å². The molecule has 0 unspecified atom stereocenters. The Labute approximate surface area is 118 Å². The van der Waals surface area contributed by atoms with Gasteiger partial charge in [-0.05, 0) is 31.0 Å². The highest BCUT2D eigenvalue weighted by Gasteiger charge is 2.26. The third kappa shape index (κ3) is 3.28. The molecule has 20 heavy (non-hydrogen) atoms. The first-order valence-electron chi connectivity index (χ1n) is 7.10. The van der Waals surface area contributed by atoms with Crippen molar-refractivity contribution in [3.63, 3.8) is 0 Å². The quantitative estimate of drug-likeness (QED) is 0.831. The van der Waals surface area contributed by atoms with E-state index in [4.69, 9.17) is 5.73 Å². The minimum atomic E-state index is -0.453. The molecular weight excluding hydrogens is 259 g/mol. The summed E-state index contributed by atoms with van der Waals surface area (Å²) in [4.78, 5) is 14.3. The van der Waals surface area contributed by atoms with Crippen molar-refractivity contribution in [3.8, 4) is 0 Å². The molecule has 4 nitrogen and oxygen atoms in total. The zero-order valence-electron chi connectivity index (χ0n) is 11.5. The molecule has 1 amide bonds. The van der Waals surface area contributed by atoms with E-state index in [1.807, 2.05) is 0 Å². The van der Waals surface area contributed by atoms with Gasteiger partial charge in [-0.3, -0.25) is 4.79 Å². The number of amides is 1. The normalized spacial score (nSPS) is 16.1. The summed E-state index contributed by atoms with van der Waals surface area (Å²) in [5, 5.41) is 9.19. The second-order valence-corrected chi connectivity index (χ2v) is 5.25. The fraction of sp³-hybridized carbons (Fsp3) is 0.533. The van der Waals surface area contributed by atoms with Crippen molar-refractivity contribution in [2.75, 3.05) is 18.9 Å². The van der Waals surface area contributed by atoms with E-state index in [0.29, 0.717) is 12.1 Å². The Morgan fingerprint density at radius 1 is 1.35 bits per heavy atom. The van der Waals surface area contributed by atoms with E-state index < -0.39 is 5.82 Å². The average Bonchev–Trinajstić information content (AvgIpc) is 2.45. The number of aliphatic hydroxyl groups excluding tert-OH is 1. The summed E-state index contributed by atoms with van der Waals surface area (Å²) in [5.74, 6) is -0.672. The molecule has 1 aromatic carbocycles. The number of carbonyl (C=O) groups excluding carboxylic acids is 1. The lowest BCUT2D eigenvalue weighted by Gasteiger charge is -2.34. The zero-order chi connectivity index (χ0) is 14.5. The first-order chi connectivity index (χ1) is 9.63. The first kappa shape index (κ1) is 14.8. The zero-order valence-corrected chi connectivity index (χ0v) is 11.5. The fourth-order valence-corrected chi connectivity index (χ4v) is 2.83. The number of benzene rings is 1. The monoisotopic (exact) mass is 280 g/mol. The van der Waals surface area contributed by atoms with Crippen molar-refractivity contribution in [1.82, 2.24) is 4.90 Å². The number of hydrogen-bond donors (Lipinski definition) is 2. The van der Waals surface area contributed by atoms with E-state index in [-0.39, 0.29) is 24.2 Å². The van der Waals surface area contributed by atoms with Gasteiger partial charge in [-0.15, -0.1) is 0 Å². The van der Waals surface area contributed by atoms with Gasteiger partial charge in [0.15, 0.2) is 0 Å². The number of nitrogens with zero attached hydrogens (tertiary/aromatic N) is 1. The van der Waals surface area contributed by atoms with Gasteiger partial charge in [0.25, 0.3) is 5.91 Å². The Morgan fingerprint density at radius 2 is 2.05 bits per heavy atom. The Hall–Kier alpha value is -1.62. The van der Waals surface area contributed by atoms with Gasteiger partial charge in [0.2, 0.25) is 0 Å². The lowest BCUT2D eigenvalue weighted by atomic mass is 9.93. The van der Waals surface area contributed by atoms with Crippen molar-refractivity contribution in [3.05, 3.63) is 29.6 Å². The molecule has 1 aliphatic carbocycles. The summed E-state index contributed by atoms with van der Waals surface area (Å²) in [7, 11) is 0. The Bertz CT molecular complexity index is 473. The highest BCUT2D eigenvalue weighted by Crippen LogP contribution is 2.25. The lowest BCUT2D eigenvalue weighted by Crippen LogP contribution is -2.43. The van der Waals surface area contributed by atoms with Gasteiger partial charge in [-0.25, -0.2) is 4.39 Å². The standard InChI is InChI=1S/C15H21FN2O2/c16-11-6-7-13(14(17)10-11)15(20)18(8-9-19)12-4-2-1-3-5-12/h6-7,10,12,19H,1-5,8-9,17H2. The molecule has 0 heterocycles. The molecule has 110 valence electrons. The van der Waals surface area contributed by atoms with E-state index in [0.717, 1.165) is 31.7 Å². The summed E-state index contributed by atoms with van der Waals surface area (Å²) in [6.45, 7) is 0.212. The number of hydrogen-bond acceptors (Lipinski definition) is 3. The predicted octanol–water partition coefficient (Wildman–Crippen LogP) is 2.18. The van der Waals surface area contributed by atoms with Gasteiger partial charge in [-0.1, -0.05) is 19.3 Å². The van der Waals surface area contributed by atoms with Crippen LogP contribution in [-0.4, -0.2) is 35.1 Å². The molecule has 3 N–H and O–H groups in total. The van der Waals surface area contributed by atoms with E-state index >= 15 is 0 Å². The van der Waals surface area contributed by atoms with Crippen LogP contribution in [0.5, 0.6) is 0 Å². The molecule has 1 aliphatic rings. The maximum Gasteiger partial charge on any atom is 0.256 e. The molecule has 5 heteroatoms. The molecule has 2 rings (SSSR count). The molecule has 0 atom stereocenters. The molecule has 0 radical (unpaired) electrons. The first-order valence-corrected chi connectivity index (χ1v) is 7.10. The predicted molar refractivity (Wildman–Crippen MR) is 75.8 cm³/mol. The van der Waals surface area contributed by atoms with Crippen LogP contribution in [0.2, 0.25) is 0 Å². The van der Waals surface area contributed by atoms with Crippen LogP contribution in [0.4, 0.5) is 10.1 Å². The average molecular weight is 280 g/mol. The Morgan fingerprint density at radius 3 is 2.65 bits per heavy atom. The highest BCUT2D eigenvalue weighted by atomic mass is 19.1. The molecular formula is C15H21FN2O2. The van der Waals surface area contributed by atoms with E-state index in [9.17, 15) is 14.3 Å². The highest BCUT2D eigenvalue weighted by molar-refractivity contribution is 5.99. The number of anilines is 1. The summed E-state index contributed by atoms with van der Waals surface area (Å²) in [5.41, 5.74) is 6.19. The molecule has 0 aromatic heterocycles. The van der Waals surface area contributed by atoms with Crippen LogP contribution in [0, 0.1) is 5.82 Å². The molecule has 1 aromatic rings. The van der Waals surface area contributed by atoms with E-state index in [1.54, 1.807) is 4.90 Å². The fourth-order valence-electron chi connectivity index (χ4n) is 2.83. The second kappa shape index (κ2) is 6.70. The van der Waals surface area contributed by atoms with Gasteiger partial charge in [-0.2, -0.15) is 0 Å². The van der Waals surface area contributed by atoms with Crippen LogP contribution in [0.25, 0.3) is 0 Å². The minimum absolute atomic E-state index is 0.0800. The third-order valence-corrected chi connectivity index (χ3v) is 3.86.